The number of carbonyl (C=O) groups is 1. The lowest BCUT2D eigenvalue weighted by atomic mass is 10.2. The molecular formula is C11H14ClN5O2. The first-order chi connectivity index (χ1) is 9.06. The third kappa shape index (κ3) is 2.03. The first-order valence-corrected chi connectivity index (χ1v) is 6.49. The number of fused-ring (bicyclic) bond motifs is 2. The molecule has 3 rings (SSSR count). The van der Waals surface area contributed by atoms with E-state index in [9.17, 15) is 9.90 Å². The van der Waals surface area contributed by atoms with Gasteiger partial charge in [0.05, 0.1) is 17.8 Å². The second kappa shape index (κ2) is 4.41. The molecule has 7 nitrogen and oxygen atoms in total. The summed E-state index contributed by atoms with van der Waals surface area (Å²) in [6.07, 6.45) is 0.935. The molecular weight excluding hydrogens is 270 g/mol. The molecule has 0 saturated carbocycles. The molecule has 3 heterocycles. The predicted molar refractivity (Wildman–Crippen MR) is 70.3 cm³/mol. The van der Waals surface area contributed by atoms with Crippen LogP contribution in [0.4, 0.5) is 16.3 Å². The Bertz CT molecular complexity index is 512. The highest BCUT2D eigenvalue weighted by atomic mass is 35.5. The number of carboxylic acid groups (broad SMARTS) is 1. The van der Waals surface area contributed by atoms with Crippen LogP contribution in [0.15, 0.2) is 6.07 Å². The van der Waals surface area contributed by atoms with Crippen LogP contribution in [0.1, 0.15) is 12.8 Å². The number of anilines is 2. The molecule has 0 aliphatic carbocycles. The van der Waals surface area contributed by atoms with E-state index in [1.54, 1.807) is 11.0 Å². The molecule has 19 heavy (non-hydrogen) atoms. The summed E-state index contributed by atoms with van der Waals surface area (Å²) in [6.45, 7) is 1.24. The number of piperazine rings is 1. The van der Waals surface area contributed by atoms with Gasteiger partial charge in [-0.15, -0.1) is 10.2 Å². The van der Waals surface area contributed by atoms with Gasteiger partial charge in [0.1, 0.15) is 0 Å². The standard InChI is InChI=1S/C11H14ClN5O2/c12-9-3-8(10(13)15-14-9)16-4-6-1-2-7(5-16)17(6)11(18)19/h3,6-7H,1-2,4-5H2,(H2,13,15)(H,18,19)/t6-,7+. The summed E-state index contributed by atoms with van der Waals surface area (Å²) >= 11 is 5.84. The van der Waals surface area contributed by atoms with Crippen molar-refractivity contribution < 1.29 is 9.90 Å². The minimum atomic E-state index is -0.842. The summed E-state index contributed by atoms with van der Waals surface area (Å²) in [4.78, 5) is 14.8. The lowest BCUT2D eigenvalue weighted by molar-refractivity contribution is 0.115. The number of hydrogen-bond acceptors (Lipinski definition) is 5. The smallest absolute Gasteiger partial charge is 0.407 e. The molecule has 8 heteroatoms. The van der Waals surface area contributed by atoms with Crippen molar-refractivity contribution in [3.63, 3.8) is 0 Å². The molecule has 2 aliphatic heterocycles. The Hall–Kier alpha value is -1.76. The second-order valence-corrected chi connectivity index (χ2v) is 5.30. The van der Waals surface area contributed by atoms with E-state index in [-0.39, 0.29) is 17.2 Å². The molecule has 102 valence electrons. The van der Waals surface area contributed by atoms with Crippen LogP contribution < -0.4 is 10.6 Å². The third-order valence-electron chi connectivity index (χ3n) is 3.82. The van der Waals surface area contributed by atoms with Crippen molar-refractivity contribution in [2.45, 2.75) is 24.9 Å². The lowest BCUT2D eigenvalue weighted by Gasteiger charge is -2.40. The number of nitrogens with zero attached hydrogens (tertiary/aromatic N) is 4. The second-order valence-electron chi connectivity index (χ2n) is 4.92. The van der Waals surface area contributed by atoms with Crippen LogP contribution in [0.3, 0.4) is 0 Å². The maximum Gasteiger partial charge on any atom is 0.407 e. The van der Waals surface area contributed by atoms with Gasteiger partial charge in [-0.2, -0.15) is 0 Å². The van der Waals surface area contributed by atoms with E-state index in [0.717, 1.165) is 18.5 Å². The molecule has 2 saturated heterocycles. The highest BCUT2D eigenvalue weighted by Crippen LogP contribution is 2.34. The van der Waals surface area contributed by atoms with E-state index in [0.29, 0.717) is 18.9 Å². The van der Waals surface area contributed by atoms with Crippen LogP contribution in [0.2, 0.25) is 5.15 Å². The van der Waals surface area contributed by atoms with Crippen LogP contribution in [-0.4, -0.2) is 51.5 Å². The fourth-order valence-corrected chi connectivity index (χ4v) is 3.17. The highest BCUT2D eigenvalue weighted by molar-refractivity contribution is 6.29. The van der Waals surface area contributed by atoms with E-state index in [1.165, 1.54) is 0 Å². The van der Waals surface area contributed by atoms with Crippen LogP contribution >= 0.6 is 11.6 Å². The van der Waals surface area contributed by atoms with Gasteiger partial charge < -0.3 is 15.7 Å². The van der Waals surface area contributed by atoms with Crippen molar-refractivity contribution in [2.24, 2.45) is 0 Å². The average molecular weight is 284 g/mol. The van der Waals surface area contributed by atoms with E-state index in [4.69, 9.17) is 17.3 Å². The van der Waals surface area contributed by atoms with Crippen molar-refractivity contribution in [1.82, 2.24) is 15.1 Å². The summed E-state index contributed by atoms with van der Waals surface area (Å²) < 4.78 is 0. The topological polar surface area (TPSA) is 95.6 Å². The molecule has 2 aliphatic rings. The lowest BCUT2D eigenvalue weighted by Crippen LogP contribution is -2.55. The first kappa shape index (κ1) is 12.3. The number of halogens is 1. The normalized spacial score (nSPS) is 25.7. The molecule has 1 amide bonds. The van der Waals surface area contributed by atoms with E-state index in [2.05, 4.69) is 15.1 Å². The van der Waals surface area contributed by atoms with Crippen LogP contribution in [0, 0.1) is 0 Å². The van der Waals surface area contributed by atoms with Gasteiger partial charge in [-0.25, -0.2) is 4.79 Å². The molecule has 0 unspecified atom stereocenters. The number of rotatable bonds is 1. The number of amides is 1. The summed E-state index contributed by atoms with van der Waals surface area (Å²) in [6, 6.07) is 1.71. The number of hydrogen-bond donors (Lipinski definition) is 2. The van der Waals surface area contributed by atoms with Gasteiger partial charge in [0.2, 0.25) is 0 Å². The fourth-order valence-electron chi connectivity index (χ4n) is 3.03. The fraction of sp³-hybridized carbons (Fsp3) is 0.545. The van der Waals surface area contributed by atoms with Crippen molar-refractivity contribution in [3.05, 3.63) is 11.2 Å². The molecule has 0 aromatic carbocycles. The van der Waals surface area contributed by atoms with Gasteiger partial charge in [0.25, 0.3) is 0 Å². The van der Waals surface area contributed by atoms with Gasteiger partial charge >= 0.3 is 6.09 Å². The molecule has 2 atom stereocenters. The quantitative estimate of drug-likeness (QED) is 0.799. The Labute approximate surface area is 115 Å². The van der Waals surface area contributed by atoms with E-state index in [1.807, 2.05) is 0 Å². The average Bonchev–Trinajstić information content (AvgIpc) is 2.64. The van der Waals surface area contributed by atoms with Gasteiger partial charge in [0.15, 0.2) is 11.0 Å². The van der Waals surface area contributed by atoms with Gasteiger partial charge in [-0.3, -0.25) is 4.90 Å². The Balaban J connectivity index is 1.86. The maximum atomic E-state index is 11.2. The molecule has 1 aromatic heterocycles. The Morgan fingerprint density at radius 3 is 2.58 bits per heavy atom. The van der Waals surface area contributed by atoms with Crippen molar-refractivity contribution in [2.75, 3.05) is 23.7 Å². The molecule has 0 spiro atoms. The number of nitrogens with two attached hydrogens (primary N) is 1. The van der Waals surface area contributed by atoms with Crippen LogP contribution in [0.25, 0.3) is 0 Å². The number of aromatic nitrogens is 2. The first-order valence-electron chi connectivity index (χ1n) is 6.11. The summed E-state index contributed by atoms with van der Waals surface area (Å²) in [5.74, 6) is 0.326. The largest absolute Gasteiger partial charge is 0.465 e. The zero-order chi connectivity index (χ0) is 13.6. The predicted octanol–water partition coefficient (Wildman–Crippen LogP) is 1.04. The Morgan fingerprint density at radius 1 is 1.37 bits per heavy atom. The SMILES string of the molecule is Nc1nnc(Cl)cc1N1C[C@H]2CC[C@@H](C1)N2C(=O)O. The van der Waals surface area contributed by atoms with E-state index >= 15 is 0 Å². The van der Waals surface area contributed by atoms with Gasteiger partial charge in [-0.1, -0.05) is 11.6 Å². The van der Waals surface area contributed by atoms with Gasteiger partial charge in [0, 0.05) is 19.2 Å². The Kier molecular flexibility index (Phi) is 2.85. The van der Waals surface area contributed by atoms with Crippen molar-refractivity contribution in [3.8, 4) is 0 Å². The molecule has 0 radical (unpaired) electrons. The zero-order valence-corrected chi connectivity index (χ0v) is 10.9. The maximum absolute atomic E-state index is 11.2. The van der Waals surface area contributed by atoms with Crippen LogP contribution in [-0.2, 0) is 0 Å². The molecule has 3 N–H and O–H groups in total. The molecule has 2 bridgehead atoms. The zero-order valence-electron chi connectivity index (χ0n) is 10.2. The highest BCUT2D eigenvalue weighted by Gasteiger charge is 2.43. The summed E-state index contributed by atoms with van der Waals surface area (Å²) in [7, 11) is 0. The molecule has 1 aromatic rings. The summed E-state index contributed by atoms with van der Waals surface area (Å²) in [5, 5.41) is 17.0. The van der Waals surface area contributed by atoms with Gasteiger partial charge in [-0.05, 0) is 12.8 Å². The minimum Gasteiger partial charge on any atom is -0.465 e. The van der Waals surface area contributed by atoms with Crippen molar-refractivity contribution >= 4 is 29.2 Å². The third-order valence-corrected chi connectivity index (χ3v) is 4.00. The number of nitrogen functional groups attached to an aromatic ring is 1. The summed E-state index contributed by atoms with van der Waals surface area (Å²) in [5.41, 5.74) is 6.56. The molecule has 2 fully saturated rings. The minimum absolute atomic E-state index is 0.0163. The van der Waals surface area contributed by atoms with E-state index < -0.39 is 6.09 Å². The van der Waals surface area contributed by atoms with Crippen LogP contribution in [0.5, 0.6) is 0 Å². The monoisotopic (exact) mass is 283 g/mol. The van der Waals surface area contributed by atoms with Crippen molar-refractivity contribution in [1.29, 1.82) is 0 Å². The Morgan fingerprint density at radius 2 is 2.00 bits per heavy atom.